The lowest BCUT2D eigenvalue weighted by molar-refractivity contribution is -0.118. The highest BCUT2D eigenvalue weighted by molar-refractivity contribution is 9.10. The van der Waals surface area contributed by atoms with Crippen LogP contribution < -0.4 is 15.8 Å². The number of nitrogens with two attached hydrogens (primary N) is 1. The van der Waals surface area contributed by atoms with Crippen molar-refractivity contribution in [3.05, 3.63) is 81.3 Å². The highest BCUT2D eigenvalue weighted by atomic mass is 79.9. The Kier molecular flexibility index (Phi) is 5.50. The molecule has 0 saturated heterocycles. The molecule has 0 aliphatic carbocycles. The van der Waals surface area contributed by atoms with E-state index in [1.54, 1.807) is 24.6 Å². The van der Waals surface area contributed by atoms with Gasteiger partial charge in [-0.1, -0.05) is 34.1 Å². The maximum Gasteiger partial charge on any atom is 0.245 e. The van der Waals surface area contributed by atoms with Gasteiger partial charge in [-0.05, 0) is 44.2 Å². The van der Waals surface area contributed by atoms with Gasteiger partial charge in [0.25, 0.3) is 0 Å². The average molecular weight is 494 g/mol. The summed E-state index contributed by atoms with van der Waals surface area (Å²) in [5, 5.41) is 25.0. The molecule has 0 saturated carbocycles. The molecule has 8 nitrogen and oxygen atoms in total. The van der Waals surface area contributed by atoms with E-state index in [0.29, 0.717) is 28.4 Å². The number of nitrogens with zero attached hydrogens (tertiary/aromatic N) is 3. The number of hydrogen-bond donors (Lipinski definition) is 3. The zero-order valence-corrected chi connectivity index (χ0v) is 19.0. The van der Waals surface area contributed by atoms with Crippen LogP contribution >= 0.6 is 15.9 Å². The van der Waals surface area contributed by atoms with Gasteiger partial charge in [-0.25, -0.2) is 4.68 Å². The zero-order valence-electron chi connectivity index (χ0n) is 17.4. The van der Waals surface area contributed by atoms with Gasteiger partial charge in [0, 0.05) is 22.3 Å². The van der Waals surface area contributed by atoms with Crippen molar-refractivity contribution in [2.45, 2.75) is 19.3 Å². The monoisotopic (exact) mass is 493 g/mol. The van der Waals surface area contributed by atoms with Crippen LogP contribution in [0.4, 0.5) is 5.69 Å². The van der Waals surface area contributed by atoms with E-state index in [-0.39, 0.29) is 24.0 Å². The molecule has 0 radical (unpaired) electrons. The predicted molar refractivity (Wildman–Crippen MR) is 122 cm³/mol. The fraction of sp³-hybridized carbons (Fsp3) is 0.174. The van der Waals surface area contributed by atoms with E-state index in [4.69, 9.17) is 15.6 Å². The van der Waals surface area contributed by atoms with Crippen LogP contribution in [0.2, 0.25) is 0 Å². The summed E-state index contributed by atoms with van der Waals surface area (Å²) < 4.78 is 8.26. The van der Waals surface area contributed by atoms with Gasteiger partial charge in [0.2, 0.25) is 17.7 Å². The number of amides is 1. The van der Waals surface area contributed by atoms with Crippen molar-refractivity contribution in [1.29, 1.82) is 5.26 Å². The minimum absolute atomic E-state index is 0.0510. The highest BCUT2D eigenvalue weighted by Crippen LogP contribution is 2.54. The first-order chi connectivity index (χ1) is 15.4. The lowest BCUT2D eigenvalue weighted by atomic mass is 9.69. The number of hydrogen-bond acceptors (Lipinski definition) is 6. The van der Waals surface area contributed by atoms with E-state index < -0.39 is 5.41 Å². The number of ether oxygens (including phenoxy) is 1. The summed E-state index contributed by atoms with van der Waals surface area (Å²) in [7, 11) is 0. The Morgan fingerprint density at radius 1 is 1.31 bits per heavy atom. The number of rotatable bonds is 1. The predicted octanol–water partition coefficient (Wildman–Crippen LogP) is 3.27. The van der Waals surface area contributed by atoms with Crippen LogP contribution in [-0.4, -0.2) is 27.4 Å². The molecule has 1 unspecified atom stereocenters. The number of carbonyl (C=O) groups excluding carboxylic acids is 1. The standard InChI is InChI=1S/C21H14BrN5O2.C2H6O/c1-11-17-19(27(26-11)13-5-3-2-4-6-13)29-18(24)15(10-23)21(17)14-9-12(22)7-8-16(14)25-20(21)28;1-2-3/h2-9H,24H2,1H3,(H,25,28);3H,2H2,1H3. The molecule has 1 amide bonds. The first kappa shape index (κ1) is 21.6. The van der Waals surface area contributed by atoms with Crippen LogP contribution in [-0.2, 0) is 10.2 Å². The molecule has 5 rings (SSSR count). The summed E-state index contributed by atoms with van der Waals surface area (Å²) in [6.07, 6.45) is 0. The van der Waals surface area contributed by atoms with E-state index in [1.165, 1.54) is 0 Å². The summed E-state index contributed by atoms with van der Waals surface area (Å²) in [5.74, 6) is -0.140. The van der Waals surface area contributed by atoms with E-state index in [2.05, 4.69) is 32.4 Å². The van der Waals surface area contributed by atoms with Gasteiger partial charge in [-0.2, -0.15) is 10.4 Å². The van der Waals surface area contributed by atoms with E-state index in [0.717, 1.165) is 10.2 Å². The highest BCUT2D eigenvalue weighted by Gasteiger charge is 2.58. The number of anilines is 1. The molecule has 162 valence electrons. The lowest BCUT2D eigenvalue weighted by Gasteiger charge is -2.32. The SMILES string of the molecule is CCO.Cc1nn(-c2ccccc2)c2c1C1(C(=O)Nc3ccc(Br)cc31)C(C#N)=C(N)O2. The second-order valence-electron chi connectivity index (χ2n) is 7.18. The fourth-order valence-corrected chi connectivity index (χ4v) is 4.51. The van der Waals surface area contributed by atoms with Crippen molar-refractivity contribution in [2.24, 2.45) is 5.73 Å². The van der Waals surface area contributed by atoms with Crippen LogP contribution in [0.1, 0.15) is 23.7 Å². The summed E-state index contributed by atoms with van der Waals surface area (Å²) in [5.41, 5.74) is 7.91. The van der Waals surface area contributed by atoms with Gasteiger partial charge in [0.15, 0.2) is 0 Å². The number of fused-ring (bicyclic) bond motifs is 4. The van der Waals surface area contributed by atoms with Crippen LogP contribution in [0.15, 0.2) is 64.5 Å². The Labute approximate surface area is 193 Å². The minimum atomic E-state index is -1.43. The number of carbonyl (C=O) groups is 1. The normalized spacial score (nSPS) is 18.2. The van der Waals surface area contributed by atoms with Crippen molar-refractivity contribution in [2.75, 3.05) is 11.9 Å². The van der Waals surface area contributed by atoms with Crippen molar-refractivity contribution in [1.82, 2.24) is 9.78 Å². The molecule has 3 heterocycles. The Morgan fingerprint density at radius 2 is 2.00 bits per heavy atom. The van der Waals surface area contributed by atoms with Crippen molar-refractivity contribution in [3.8, 4) is 17.6 Å². The topological polar surface area (TPSA) is 126 Å². The molecule has 1 spiro atoms. The quantitative estimate of drug-likeness (QED) is 0.477. The summed E-state index contributed by atoms with van der Waals surface area (Å²) in [6.45, 7) is 3.73. The number of aromatic nitrogens is 2. The van der Waals surface area contributed by atoms with Crippen LogP contribution in [0.5, 0.6) is 5.88 Å². The van der Waals surface area contributed by atoms with Crippen molar-refractivity contribution >= 4 is 27.5 Å². The van der Waals surface area contributed by atoms with E-state index in [9.17, 15) is 10.1 Å². The first-order valence-electron chi connectivity index (χ1n) is 9.86. The molecule has 4 N–H and O–H groups in total. The molecule has 1 atom stereocenters. The number of aliphatic hydroxyl groups is 1. The number of para-hydroxylation sites is 1. The molecule has 2 aliphatic rings. The number of nitrogens with one attached hydrogen (secondary N) is 1. The zero-order chi connectivity index (χ0) is 23.0. The third-order valence-electron chi connectivity index (χ3n) is 5.31. The summed E-state index contributed by atoms with van der Waals surface area (Å²) in [6, 6.07) is 17.0. The maximum atomic E-state index is 13.4. The molecule has 9 heteroatoms. The van der Waals surface area contributed by atoms with Crippen molar-refractivity contribution in [3.63, 3.8) is 0 Å². The first-order valence-corrected chi connectivity index (χ1v) is 10.6. The lowest BCUT2D eigenvalue weighted by Crippen LogP contribution is -2.42. The molecular weight excluding hydrogens is 474 g/mol. The summed E-state index contributed by atoms with van der Waals surface area (Å²) >= 11 is 3.47. The third-order valence-corrected chi connectivity index (χ3v) is 5.80. The minimum Gasteiger partial charge on any atom is -0.422 e. The second kappa shape index (κ2) is 8.15. The third kappa shape index (κ3) is 2.99. The Hall–Kier alpha value is -3.61. The molecule has 2 aromatic carbocycles. The number of nitriles is 1. The largest absolute Gasteiger partial charge is 0.422 e. The molecule has 1 aromatic heterocycles. The number of aryl methyl sites for hydroxylation is 1. The Morgan fingerprint density at radius 3 is 2.66 bits per heavy atom. The molecule has 0 fully saturated rings. The molecule has 2 aliphatic heterocycles. The number of aliphatic hydroxyl groups excluding tert-OH is 1. The van der Waals surface area contributed by atoms with E-state index in [1.807, 2.05) is 42.5 Å². The Balaban J connectivity index is 0.000000775. The van der Waals surface area contributed by atoms with Crippen molar-refractivity contribution < 1.29 is 14.6 Å². The maximum absolute atomic E-state index is 13.4. The molecular formula is C23H20BrN5O3. The second-order valence-corrected chi connectivity index (χ2v) is 8.09. The van der Waals surface area contributed by atoms with Crippen LogP contribution in [0, 0.1) is 18.3 Å². The van der Waals surface area contributed by atoms with Gasteiger partial charge in [-0.3, -0.25) is 4.79 Å². The smallest absolute Gasteiger partial charge is 0.245 e. The van der Waals surface area contributed by atoms with Gasteiger partial charge < -0.3 is 20.9 Å². The van der Waals surface area contributed by atoms with Crippen LogP contribution in [0.25, 0.3) is 5.69 Å². The number of halogens is 1. The summed E-state index contributed by atoms with van der Waals surface area (Å²) in [4.78, 5) is 13.4. The van der Waals surface area contributed by atoms with Gasteiger partial charge in [-0.15, -0.1) is 0 Å². The fourth-order valence-electron chi connectivity index (χ4n) is 4.15. The van der Waals surface area contributed by atoms with Gasteiger partial charge in [0.1, 0.15) is 17.1 Å². The van der Waals surface area contributed by atoms with E-state index >= 15 is 0 Å². The number of benzene rings is 2. The Bertz CT molecular complexity index is 1290. The molecule has 0 bridgehead atoms. The van der Waals surface area contributed by atoms with Gasteiger partial charge >= 0.3 is 0 Å². The average Bonchev–Trinajstić information content (AvgIpc) is 3.24. The molecule has 32 heavy (non-hydrogen) atoms. The van der Waals surface area contributed by atoms with Crippen LogP contribution in [0.3, 0.4) is 0 Å². The molecule has 3 aromatic rings. The van der Waals surface area contributed by atoms with Gasteiger partial charge in [0.05, 0.1) is 16.9 Å².